The molecule has 0 fully saturated rings. The minimum atomic E-state index is -0.195. The van der Waals surface area contributed by atoms with Crippen LogP contribution in [0.5, 0.6) is 5.75 Å². The molecule has 1 heterocycles. The summed E-state index contributed by atoms with van der Waals surface area (Å²) in [6.45, 7) is 5.77. The normalized spacial score (nSPS) is 12.7. The van der Waals surface area contributed by atoms with Gasteiger partial charge < -0.3 is 15.0 Å². The van der Waals surface area contributed by atoms with E-state index in [2.05, 4.69) is 15.3 Å². The van der Waals surface area contributed by atoms with Crippen LogP contribution in [0, 0.1) is 0 Å². The van der Waals surface area contributed by atoms with E-state index in [9.17, 15) is 4.79 Å². The summed E-state index contributed by atoms with van der Waals surface area (Å²) in [5.41, 5.74) is 1.77. The third-order valence-corrected chi connectivity index (χ3v) is 3.74. The minimum Gasteiger partial charge on any atom is -0.497 e. The maximum atomic E-state index is 11.9. The number of methoxy groups -OCH3 is 1. The van der Waals surface area contributed by atoms with Gasteiger partial charge in [0.15, 0.2) is 5.16 Å². The fourth-order valence-electron chi connectivity index (χ4n) is 1.77. The zero-order valence-electron chi connectivity index (χ0n) is 12.1. The van der Waals surface area contributed by atoms with Gasteiger partial charge in [-0.3, -0.25) is 4.79 Å². The molecule has 1 aromatic heterocycles. The van der Waals surface area contributed by atoms with E-state index in [0.29, 0.717) is 0 Å². The second-order valence-electron chi connectivity index (χ2n) is 4.85. The molecule has 0 saturated heterocycles. The van der Waals surface area contributed by atoms with E-state index in [1.807, 2.05) is 39.0 Å². The SMILES string of the molecule is COc1ccc2nc(SC(C)C(=O)NC(C)C)[nH]c2c1. The van der Waals surface area contributed by atoms with Crippen molar-refractivity contribution in [2.75, 3.05) is 7.11 Å². The maximum Gasteiger partial charge on any atom is 0.233 e. The molecule has 1 atom stereocenters. The number of rotatable bonds is 5. The van der Waals surface area contributed by atoms with Gasteiger partial charge in [-0.2, -0.15) is 0 Å². The number of nitrogens with zero attached hydrogens (tertiary/aromatic N) is 1. The van der Waals surface area contributed by atoms with Crippen LogP contribution in [0.25, 0.3) is 11.0 Å². The Bertz CT molecular complexity index is 609. The zero-order valence-corrected chi connectivity index (χ0v) is 12.9. The molecule has 2 N–H and O–H groups in total. The van der Waals surface area contributed by atoms with Crippen LogP contribution in [0.3, 0.4) is 0 Å². The number of aromatic amines is 1. The molecule has 5 nitrogen and oxygen atoms in total. The molecular weight excluding hydrogens is 274 g/mol. The lowest BCUT2D eigenvalue weighted by atomic mass is 10.3. The number of H-pyrrole nitrogens is 1. The second kappa shape index (κ2) is 6.17. The number of carbonyl (C=O) groups excluding carboxylic acids is 1. The number of hydrogen-bond acceptors (Lipinski definition) is 4. The Morgan fingerprint density at radius 2 is 2.15 bits per heavy atom. The highest BCUT2D eigenvalue weighted by Crippen LogP contribution is 2.25. The lowest BCUT2D eigenvalue weighted by Crippen LogP contribution is -2.35. The summed E-state index contributed by atoms with van der Waals surface area (Å²) in [5, 5.41) is 3.43. The Morgan fingerprint density at radius 3 is 2.80 bits per heavy atom. The predicted octanol–water partition coefficient (Wildman–Crippen LogP) is 2.58. The number of imidazole rings is 1. The van der Waals surface area contributed by atoms with Crippen molar-refractivity contribution in [3.63, 3.8) is 0 Å². The lowest BCUT2D eigenvalue weighted by molar-refractivity contribution is -0.120. The summed E-state index contributed by atoms with van der Waals surface area (Å²) in [5.74, 6) is 0.798. The number of aromatic nitrogens is 2. The minimum absolute atomic E-state index is 0.0167. The van der Waals surface area contributed by atoms with Crippen LogP contribution < -0.4 is 10.1 Å². The van der Waals surface area contributed by atoms with E-state index >= 15 is 0 Å². The number of amides is 1. The number of ether oxygens (including phenoxy) is 1. The average Bonchev–Trinajstić information content (AvgIpc) is 2.78. The molecule has 0 bridgehead atoms. The number of thioether (sulfide) groups is 1. The van der Waals surface area contributed by atoms with E-state index < -0.39 is 0 Å². The number of nitrogens with one attached hydrogen (secondary N) is 2. The Morgan fingerprint density at radius 1 is 1.40 bits per heavy atom. The van der Waals surface area contributed by atoms with E-state index in [-0.39, 0.29) is 17.2 Å². The highest BCUT2D eigenvalue weighted by atomic mass is 32.2. The van der Waals surface area contributed by atoms with E-state index in [1.54, 1.807) is 7.11 Å². The molecule has 1 unspecified atom stereocenters. The third kappa shape index (κ3) is 3.45. The highest BCUT2D eigenvalue weighted by Gasteiger charge is 2.17. The number of hydrogen-bond donors (Lipinski definition) is 2. The molecule has 0 aliphatic rings. The summed E-state index contributed by atoms with van der Waals surface area (Å²) in [6.07, 6.45) is 0. The lowest BCUT2D eigenvalue weighted by Gasteiger charge is -2.12. The van der Waals surface area contributed by atoms with Gasteiger partial charge in [-0.25, -0.2) is 4.98 Å². The molecule has 2 aromatic rings. The quantitative estimate of drug-likeness (QED) is 0.832. The Labute approximate surface area is 122 Å². The van der Waals surface area contributed by atoms with Gasteiger partial charge in [0, 0.05) is 12.1 Å². The van der Waals surface area contributed by atoms with Crippen LogP contribution >= 0.6 is 11.8 Å². The topological polar surface area (TPSA) is 67.0 Å². The first-order valence-corrected chi connectivity index (χ1v) is 7.38. The van der Waals surface area contributed by atoms with Gasteiger partial charge in [0.25, 0.3) is 0 Å². The summed E-state index contributed by atoms with van der Waals surface area (Å²) in [7, 11) is 1.63. The first-order valence-electron chi connectivity index (χ1n) is 6.50. The van der Waals surface area contributed by atoms with Crippen molar-refractivity contribution in [1.82, 2.24) is 15.3 Å². The van der Waals surface area contributed by atoms with Gasteiger partial charge in [0.2, 0.25) is 5.91 Å². The fraction of sp³-hybridized carbons (Fsp3) is 0.429. The van der Waals surface area contributed by atoms with Crippen LogP contribution in [0.2, 0.25) is 0 Å². The molecule has 6 heteroatoms. The van der Waals surface area contributed by atoms with E-state index in [0.717, 1.165) is 21.9 Å². The molecule has 0 spiro atoms. The van der Waals surface area contributed by atoms with Crippen molar-refractivity contribution >= 4 is 28.7 Å². The summed E-state index contributed by atoms with van der Waals surface area (Å²) >= 11 is 1.41. The molecule has 108 valence electrons. The molecule has 20 heavy (non-hydrogen) atoms. The van der Waals surface area contributed by atoms with Gasteiger partial charge >= 0.3 is 0 Å². The van der Waals surface area contributed by atoms with Crippen molar-refractivity contribution in [1.29, 1.82) is 0 Å². The second-order valence-corrected chi connectivity index (χ2v) is 6.18. The molecule has 0 aliphatic heterocycles. The first kappa shape index (κ1) is 14.7. The molecule has 1 amide bonds. The van der Waals surface area contributed by atoms with Crippen LogP contribution in [-0.2, 0) is 4.79 Å². The van der Waals surface area contributed by atoms with E-state index in [4.69, 9.17) is 4.74 Å². The van der Waals surface area contributed by atoms with Gasteiger partial charge in [-0.15, -0.1) is 0 Å². The standard InChI is InChI=1S/C14H19N3O2S/c1-8(2)15-13(18)9(3)20-14-16-11-6-5-10(19-4)7-12(11)17-14/h5-9H,1-4H3,(H,15,18)(H,16,17). The van der Waals surface area contributed by atoms with Gasteiger partial charge in [-0.1, -0.05) is 11.8 Å². The number of carbonyl (C=O) groups is 1. The van der Waals surface area contributed by atoms with Crippen LogP contribution in [-0.4, -0.2) is 34.3 Å². The highest BCUT2D eigenvalue weighted by molar-refractivity contribution is 8.00. The van der Waals surface area contributed by atoms with E-state index in [1.165, 1.54) is 11.8 Å². The number of benzene rings is 1. The fourth-order valence-corrected chi connectivity index (χ4v) is 2.60. The molecule has 0 radical (unpaired) electrons. The van der Waals surface area contributed by atoms with Crippen molar-refractivity contribution in [2.45, 2.75) is 37.2 Å². The van der Waals surface area contributed by atoms with Crippen molar-refractivity contribution in [3.05, 3.63) is 18.2 Å². The van der Waals surface area contributed by atoms with Crippen molar-refractivity contribution in [2.24, 2.45) is 0 Å². The van der Waals surface area contributed by atoms with Crippen LogP contribution in [0.4, 0.5) is 0 Å². The summed E-state index contributed by atoms with van der Waals surface area (Å²) in [6, 6.07) is 5.80. The van der Waals surface area contributed by atoms with Crippen molar-refractivity contribution < 1.29 is 9.53 Å². The Kier molecular flexibility index (Phi) is 4.54. The van der Waals surface area contributed by atoms with Gasteiger partial charge in [0.05, 0.1) is 23.4 Å². The molecule has 2 rings (SSSR count). The maximum absolute atomic E-state index is 11.9. The van der Waals surface area contributed by atoms with Crippen LogP contribution in [0.15, 0.2) is 23.4 Å². The third-order valence-electron chi connectivity index (χ3n) is 2.76. The first-order chi connectivity index (χ1) is 9.49. The molecule has 0 saturated carbocycles. The average molecular weight is 293 g/mol. The van der Waals surface area contributed by atoms with Crippen LogP contribution in [0.1, 0.15) is 20.8 Å². The van der Waals surface area contributed by atoms with Gasteiger partial charge in [0.1, 0.15) is 5.75 Å². The zero-order chi connectivity index (χ0) is 14.7. The monoisotopic (exact) mass is 293 g/mol. The summed E-state index contributed by atoms with van der Waals surface area (Å²) in [4.78, 5) is 19.5. The molecular formula is C14H19N3O2S. The molecule has 0 aliphatic carbocycles. The molecule has 1 aromatic carbocycles. The Hall–Kier alpha value is -1.69. The van der Waals surface area contributed by atoms with Crippen molar-refractivity contribution in [3.8, 4) is 5.75 Å². The number of fused-ring (bicyclic) bond motifs is 1. The largest absolute Gasteiger partial charge is 0.497 e. The summed E-state index contributed by atoms with van der Waals surface area (Å²) < 4.78 is 5.18. The smallest absolute Gasteiger partial charge is 0.233 e. The predicted molar refractivity (Wildman–Crippen MR) is 81.2 cm³/mol. The Balaban J connectivity index is 2.11. The van der Waals surface area contributed by atoms with Gasteiger partial charge in [-0.05, 0) is 32.9 Å².